The molecule has 2 rings (SSSR count). The van der Waals surface area contributed by atoms with E-state index in [0.29, 0.717) is 17.8 Å². The van der Waals surface area contributed by atoms with E-state index in [1.54, 1.807) is 12.1 Å². The lowest BCUT2D eigenvalue weighted by Gasteiger charge is -2.12. The van der Waals surface area contributed by atoms with E-state index in [4.69, 9.17) is 0 Å². The molecule has 0 radical (unpaired) electrons. The standard InChI is InChI=1S/C17H23FN4O2/c1-4-5-14(23)10-19-17(24)20-13-6-7-16(15(18)9-13)22-12(3)8-11(2)21-22/h6-9,14,23H,4-5,10H2,1-3H3,(H2,19,20,24). The topological polar surface area (TPSA) is 79.2 Å². The molecule has 1 atom stereocenters. The van der Waals surface area contributed by atoms with Crippen molar-refractivity contribution in [2.24, 2.45) is 0 Å². The number of hydrogen-bond acceptors (Lipinski definition) is 3. The van der Waals surface area contributed by atoms with E-state index in [1.165, 1.54) is 10.7 Å². The number of benzene rings is 1. The number of aromatic nitrogens is 2. The predicted molar refractivity (Wildman–Crippen MR) is 90.9 cm³/mol. The largest absolute Gasteiger partial charge is 0.391 e. The second-order valence-corrected chi connectivity index (χ2v) is 5.78. The van der Waals surface area contributed by atoms with Crippen molar-refractivity contribution >= 4 is 11.7 Å². The van der Waals surface area contributed by atoms with Crippen LogP contribution in [0.2, 0.25) is 0 Å². The number of carbonyl (C=O) groups is 1. The number of aliphatic hydroxyl groups excluding tert-OH is 1. The number of nitrogens with zero attached hydrogens (tertiary/aromatic N) is 2. The lowest BCUT2D eigenvalue weighted by atomic mass is 10.2. The van der Waals surface area contributed by atoms with Crippen LogP contribution in [0, 0.1) is 19.7 Å². The van der Waals surface area contributed by atoms with Crippen LogP contribution < -0.4 is 10.6 Å². The number of aliphatic hydroxyl groups is 1. The Hall–Kier alpha value is -2.41. The molecule has 1 aromatic heterocycles. The van der Waals surface area contributed by atoms with Gasteiger partial charge in [0.05, 0.1) is 11.8 Å². The van der Waals surface area contributed by atoms with Crippen molar-refractivity contribution < 1.29 is 14.3 Å². The number of hydrogen-bond donors (Lipinski definition) is 3. The molecule has 1 heterocycles. The smallest absolute Gasteiger partial charge is 0.319 e. The van der Waals surface area contributed by atoms with Crippen LogP contribution in [0.4, 0.5) is 14.9 Å². The highest BCUT2D eigenvalue weighted by Crippen LogP contribution is 2.19. The zero-order chi connectivity index (χ0) is 17.7. The third kappa shape index (κ3) is 4.55. The van der Waals surface area contributed by atoms with E-state index in [0.717, 1.165) is 17.8 Å². The first-order valence-electron chi connectivity index (χ1n) is 7.96. The first-order valence-corrected chi connectivity index (χ1v) is 7.96. The van der Waals surface area contributed by atoms with Crippen LogP contribution in [-0.4, -0.2) is 33.6 Å². The fourth-order valence-electron chi connectivity index (χ4n) is 2.45. The lowest BCUT2D eigenvalue weighted by Crippen LogP contribution is -2.35. The lowest BCUT2D eigenvalue weighted by molar-refractivity contribution is 0.162. The molecule has 3 N–H and O–H groups in total. The highest BCUT2D eigenvalue weighted by Gasteiger charge is 2.11. The van der Waals surface area contributed by atoms with Crippen molar-refractivity contribution in [2.45, 2.75) is 39.7 Å². The number of urea groups is 1. The highest BCUT2D eigenvalue weighted by atomic mass is 19.1. The van der Waals surface area contributed by atoms with Crippen LogP contribution in [0.3, 0.4) is 0 Å². The van der Waals surface area contributed by atoms with Crippen molar-refractivity contribution in [2.75, 3.05) is 11.9 Å². The van der Waals surface area contributed by atoms with Gasteiger partial charge in [0.15, 0.2) is 5.82 Å². The number of nitrogens with one attached hydrogen (secondary N) is 2. The van der Waals surface area contributed by atoms with Gasteiger partial charge in [0.1, 0.15) is 5.69 Å². The van der Waals surface area contributed by atoms with Gasteiger partial charge in [-0.2, -0.15) is 5.10 Å². The summed E-state index contributed by atoms with van der Waals surface area (Å²) in [5.41, 5.74) is 2.29. The fraction of sp³-hybridized carbons (Fsp3) is 0.412. The van der Waals surface area contributed by atoms with Crippen LogP contribution in [0.5, 0.6) is 0 Å². The summed E-state index contributed by atoms with van der Waals surface area (Å²) in [5.74, 6) is -0.481. The molecule has 7 heteroatoms. The van der Waals surface area contributed by atoms with Gasteiger partial charge < -0.3 is 15.7 Å². The Bertz CT molecular complexity index is 715. The number of halogens is 1. The molecule has 0 spiro atoms. The van der Waals surface area contributed by atoms with Crippen molar-refractivity contribution in [3.63, 3.8) is 0 Å². The Kier molecular flexibility index (Phi) is 5.92. The van der Waals surface area contributed by atoms with E-state index < -0.39 is 18.0 Å². The van der Waals surface area contributed by atoms with Gasteiger partial charge in [0.2, 0.25) is 0 Å². The predicted octanol–water partition coefficient (Wildman–Crippen LogP) is 2.91. The molecule has 1 unspecified atom stereocenters. The third-order valence-corrected chi connectivity index (χ3v) is 3.56. The van der Waals surface area contributed by atoms with E-state index >= 15 is 0 Å². The van der Waals surface area contributed by atoms with Gasteiger partial charge >= 0.3 is 6.03 Å². The summed E-state index contributed by atoms with van der Waals surface area (Å²) < 4.78 is 15.8. The first kappa shape index (κ1) is 17.9. The molecule has 6 nitrogen and oxygen atoms in total. The normalized spacial score (nSPS) is 12.0. The molecule has 130 valence electrons. The van der Waals surface area contributed by atoms with Gasteiger partial charge in [-0.1, -0.05) is 13.3 Å². The molecule has 0 fully saturated rings. The van der Waals surface area contributed by atoms with Gasteiger partial charge in [-0.3, -0.25) is 0 Å². The maximum Gasteiger partial charge on any atom is 0.319 e. The third-order valence-electron chi connectivity index (χ3n) is 3.56. The molecule has 24 heavy (non-hydrogen) atoms. The Morgan fingerprint density at radius 1 is 1.38 bits per heavy atom. The summed E-state index contributed by atoms with van der Waals surface area (Å²) in [6.07, 6.45) is 0.876. The minimum absolute atomic E-state index is 0.159. The first-order chi connectivity index (χ1) is 11.4. The molecule has 1 aromatic carbocycles. The number of aryl methyl sites for hydroxylation is 2. The minimum atomic E-state index is -0.578. The molecular formula is C17H23FN4O2. The van der Waals surface area contributed by atoms with Crippen LogP contribution in [0.15, 0.2) is 24.3 Å². The van der Waals surface area contributed by atoms with Crippen LogP contribution in [0.25, 0.3) is 5.69 Å². The van der Waals surface area contributed by atoms with Crippen LogP contribution in [0.1, 0.15) is 31.2 Å². The second kappa shape index (κ2) is 7.92. The van der Waals surface area contributed by atoms with E-state index in [-0.39, 0.29) is 6.54 Å². The quantitative estimate of drug-likeness (QED) is 0.760. The molecule has 0 aliphatic rings. The van der Waals surface area contributed by atoms with E-state index in [1.807, 2.05) is 26.8 Å². The van der Waals surface area contributed by atoms with Gasteiger partial charge in [-0.25, -0.2) is 13.9 Å². The second-order valence-electron chi connectivity index (χ2n) is 5.78. The maximum atomic E-state index is 14.3. The minimum Gasteiger partial charge on any atom is -0.391 e. The van der Waals surface area contributed by atoms with E-state index in [9.17, 15) is 14.3 Å². The Morgan fingerprint density at radius 3 is 2.71 bits per heavy atom. The summed E-state index contributed by atoms with van der Waals surface area (Å²) in [4.78, 5) is 11.8. The summed E-state index contributed by atoms with van der Waals surface area (Å²) >= 11 is 0. The number of rotatable bonds is 6. The number of carbonyl (C=O) groups excluding carboxylic acids is 1. The van der Waals surface area contributed by atoms with Gasteiger partial charge in [-0.15, -0.1) is 0 Å². The Morgan fingerprint density at radius 2 is 2.12 bits per heavy atom. The summed E-state index contributed by atoms with van der Waals surface area (Å²) in [6.45, 7) is 5.80. The van der Waals surface area contributed by atoms with Gasteiger partial charge in [0.25, 0.3) is 0 Å². The maximum absolute atomic E-state index is 14.3. The molecule has 2 amide bonds. The van der Waals surface area contributed by atoms with Crippen molar-refractivity contribution in [3.05, 3.63) is 41.5 Å². The average molecular weight is 334 g/mol. The van der Waals surface area contributed by atoms with Crippen molar-refractivity contribution in [3.8, 4) is 5.69 Å². The van der Waals surface area contributed by atoms with Crippen LogP contribution in [-0.2, 0) is 0 Å². The fourth-order valence-corrected chi connectivity index (χ4v) is 2.45. The average Bonchev–Trinajstić information content (AvgIpc) is 2.84. The Labute approximate surface area is 140 Å². The van der Waals surface area contributed by atoms with Crippen molar-refractivity contribution in [1.29, 1.82) is 0 Å². The SMILES string of the molecule is CCCC(O)CNC(=O)Nc1ccc(-n2nc(C)cc2C)c(F)c1. The number of amides is 2. The summed E-state index contributed by atoms with van der Waals surface area (Å²) in [6, 6.07) is 5.80. The number of anilines is 1. The van der Waals surface area contributed by atoms with Crippen molar-refractivity contribution in [1.82, 2.24) is 15.1 Å². The van der Waals surface area contributed by atoms with E-state index in [2.05, 4.69) is 15.7 Å². The zero-order valence-electron chi connectivity index (χ0n) is 14.1. The summed E-state index contributed by atoms with van der Waals surface area (Å²) in [5, 5.41) is 18.9. The molecule has 0 saturated carbocycles. The molecular weight excluding hydrogens is 311 g/mol. The zero-order valence-corrected chi connectivity index (χ0v) is 14.1. The highest BCUT2D eigenvalue weighted by molar-refractivity contribution is 5.89. The summed E-state index contributed by atoms with van der Waals surface area (Å²) in [7, 11) is 0. The van der Waals surface area contributed by atoms with Gasteiger partial charge in [0, 0.05) is 17.9 Å². The Balaban J connectivity index is 2.02. The molecule has 0 aliphatic carbocycles. The molecule has 2 aromatic rings. The monoisotopic (exact) mass is 334 g/mol. The van der Waals surface area contributed by atoms with Crippen LogP contribution >= 0.6 is 0 Å². The molecule has 0 saturated heterocycles. The molecule has 0 bridgehead atoms. The molecule has 0 aliphatic heterocycles. The van der Waals surface area contributed by atoms with Gasteiger partial charge in [-0.05, 0) is 44.5 Å².